The van der Waals surface area contributed by atoms with E-state index in [0.717, 1.165) is 16.6 Å². The van der Waals surface area contributed by atoms with Crippen molar-refractivity contribution in [1.82, 2.24) is 20.4 Å². The molecule has 0 radical (unpaired) electrons. The van der Waals surface area contributed by atoms with Crippen LogP contribution in [0, 0.1) is 6.92 Å². The molecule has 0 fully saturated rings. The molecule has 3 aromatic rings. The summed E-state index contributed by atoms with van der Waals surface area (Å²) in [6.07, 6.45) is 0. The monoisotopic (exact) mass is 238 g/mol. The third kappa shape index (κ3) is 1.66. The van der Waals surface area contributed by atoms with E-state index in [1.807, 2.05) is 43.3 Å². The van der Waals surface area contributed by atoms with Crippen molar-refractivity contribution in [3.8, 4) is 11.3 Å². The van der Waals surface area contributed by atoms with Crippen LogP contribution >= 0.6 is 0 Å². The molecule has 2 heterocycles. The van der Waals surface area contributed by atoms with E-state index in [2.05, 4.69) is 20.4 Å². The summed E-state index contributed by atoms with van der Waals surface area (Å²) < 4.78 is 0. The van der Waals surface area contributed by atoms with Gasteiger partial charge in [0.2, 0.25) is 0 Å². The van der Waals surface area contributed by atoms with E-state index in [0.29, 0.717) is 11.2 Å². The highest BCUT2D eigenvalue weighted by Crippen LogP contribution is 2.22. The normalized spacial score (nSPS) is 10.7. The van der Waals surface area contributed by atoms with Gasteiger partial charge in [0.05, 0.1) is 5.69 Å². The first kappa shape index (κ1) is 10.6. The fraction of sp³-hybridized carbons (Fsp3) is 0.0769. The lowest BCUT2D eigenvalue weighted by atomic mass is 10.1. The van der Waals surface area contributed by atoms with E-state index in [-0.39, 0.29) is 5.56 Å². The molecule has 2 aromatic heterocycles. The highest BCUT2D eigenvalue weighted by molar-refractivity contribution is 5.91. The number of fused-ring (bicyclic) bond motifs is 1. The molecule has 0 aliphatic rings. The quantitative estimate of drug-likeness (QED) is 0.700. The molecule has 3 rings (SSSR count). The number of nitrogens with zero attached hydrogens (tertiary/aromatic N) is 3. The van der Waals surface area contributed by atoms with Crippen LogP contribution in [0.25, 0.3) is 22.2 Å². The number of hydrogen-bond donors (Lipinski definition) is 1. The van der Waals surface area contributed by atoms with Gasteiger partial charge in [-0.25, -0.2) is 5.10 Å². The van der Waals surface area contributed by atoms with E-state index in [4.69, 9.17) is 0 Å². The van der Waals surface area contributed by atoms with Gasteiger partial charge >= 0.3 is 0 Å². The van der Waals surface area contributed by atoms with Crippen LogP contribution in [0.4, 0.5) is 0 Å². The molecule has 1 N–H and O–H groups in total. The molecule has 0 saturated heterocycles. The summed E-state index contributed by atoms with van der Waals surface area (Å²) in [5.41, 5.74) is 2.40. The first-order valence-electron chi connectivity index (χ1n) is 5.54. The molecule has 88 valence electrons. The summed E-state index contributed by atoms with van der Waals surface area (Å²) in [5.74, 6) is 0. The third-order valence-electron chi connectivity index (χ3n) is 2.70. The second-order valence-corrected chi connectivity index (χ2v) is 4.02. The number of H-pyrrole nitrogens is 1. The number of aryl methyl sites for hydroxylation is 1. The number of nitrogens with one attached hydrogen (secondary N) is 1. The Balaban J connectivity index is 2.41. The van der Waals surface area contributed by atoms with Gasteiger partial charge in [-0.05, 0) is 13.0 Å². The van der Waals surface area contributed by atoms with Gasteiger partial charge < -0.3 is 0 Å². The Bertz CT molecular complexity index is 765. The second-order valence-electron chi connectivity index (χ2n) is 4.02. The number of hydrogen-bond acceptors (Lipinski definition) is 4. The number of aromatic amines is 1. The molecule has 0 aliphatic carbocycles. The van der Waals surface area contributed by atoms with E-state index in [9.17, 15) is 4.79 Å². The second kappa shape index (κ2) is 4.03. The van der Waals surface area contributed by atoms with E-state index >= 15 is 0 Å². The van der Waals surface area contributed by atoms with Crippen LogP contribution in [0.2, 0.25) is 0 Å². The first-order valence-corrected chi connectivity index (χ1v) is 5.54. The van der Waals surface area contributed by atoms with Gasteiger partial charge in [0.15, 0.2) is 5.52 Å². The minimum atomic E-state index is -0.322. The molecule has 5 nitrogen and oxygen atoms in total. The molecule has 0 aliphatic heterocycles. The molecule has 0 amide bonds. The lowest BCUT2D eigenvalue weighted by Crippen LogP contribution is -2.12. The molecule has 0 bridgehead atoms. The smallest absolute Gasteiger partial charge is 0.265 e. The average molecular weight is 238 g/mol. The minimum Gasteiger partial charge on any atom is -0.265 e. The van der Waals surface area contributed by atoms with Crippen LogP contribution in [0.1, 0.15) is 5.69 Å². The van der Waals surface area contributed by atoms with Crippen LogP contribution < -0.4 is 5.56 Å². The lowest BCUT2D eigenvalue weighted by Gasteiger charge is -2.04. The zero-order valence-corrected chi connectivity index (χ0v) is 9.71. The highest BCUT2D eigenvalue weighted by Gasteiger charge is 2.10. The summed E-state index contributed by atoms with van der Waals surface area (Å²) in [5, 5.41) is 15.1. The van der Waals surface area contributed by atoms with Crippen LogP contribution in [0.3, 0.4) is 0 Å². The SMILES string of the molecule is Cc1cc2c(-c3ccccc3)n[nH]c(=O)c2nn1. The maximum atomic E-state index is 11.7. The zero-order valence-electron chi connectivity index (χ0n) is 9.71. The van der Waals surface area contributed by atoms with Crippen molar-refractivity contribution in [2.45, 2.75) is 6.92 Å². The minimum absolute atomic E-state index is 0.314. The highest BCUT2D eigenvalue weighted by atomic mass is 16.1. The molecule has 0 unspecified atom stereocenters. The fourth-order valence-electron chi connectivity index (χ4n) is 1.87. The standard InChI is InChI=1S/C13H10N4O/c1-8-7-10-11(9-5-3-2-4-6-9)15-17-13(18)12(10)16-14-8/h2-7H,1H3,(H,17,18). The number of benzene rings is 1. The van der Waals surface area contributed by atoms with Gasteiger partial charge in [-0.2, -0.15) is 10.2 Å². The number of aromatic nitrogens is 4. The Labute approximate surface area is 103 Å². The predicted octanol–water partition coefficient (Wildman–Crippen LogP) is 1.69. The Morgan fingerprint density at radius 1 is 1.11 bits per heavy atom. The van der Waals surface area contributed by atoms with Gasteiger partial charge in [-0.15, -0.1) is 5.10 Å². The molecule has 0 atom stereocenters. The zero-order chi connectivity index (χ0) is 12.5. The summed E-state index contributed by atoms with van der Waals surface area (Å²) >= 11 is 0. The molecular weight excluding hydrogens is 228 g/mol. The van der Waals surface area contributed by atoms with Gasteiger partial charge in [-0.3, -0.25) is 4.79 Å². The Morgan fingerprint density at radius 3 is 2.67 bits per heavy atom. The summed E-state index contributed by atoms with van der Waals surface area (Å²) in [4.78, 5) is 11.7. The van der Waals surface area contributed by atoms with E-state index in [1.165, 1.54) is 0 Å². The summed E-state index contributed by atoms with van der Waals surface area (Å²) in [7, 11) is 0. The predicted molar refractivity (Wildman–Crippen MR) is 68.1 cm³/mol. The Morgan fingerprint density at radius 2 is 1.89 bits per heavy atom. The van der Waals surface area contributed by atoms with Crippen molar-refractivity contribution < 1.29 is 0 Å². The maximum absolute atomic E-state index is 11.7. The fourth-order valence-corrected chi connectivity index (χ4v) is 1.87. The summed E-state index contributed by atoms with van der Waals surface area (Å²) in [6.45, 7) is 1.84. The van der Waals surface area contributed by atoms with Gasteiger partial charge in [-0.1, -0.05) is 30.3 Å². The van der Waals surface area contributed by atoms with Crippen molar-refractivity contribution in [1.29, 1.82) is 0 Å². The van der Waals surface area contributed by atoms with Gasteiger partial charge in [0.25, 0.3) is 5.56 Å². The van der Waals surface area contributed by atoms with Gasteiger partial charge in [0, 0.05) is 10.9 Å². The first-order chi connectivity index (χ1) is 8.75. The molecule has 0 spiro atoms. The molecule has 18 heavy (non-hydrogen) atoms. The lowest BCUT2D eigenvalue weighted by molar-refractivity contribution is 0.966. The number of rotatable bonds is 1. The van der Waals surface area contributed by atoms with Crippen LogP contribution in [-0.4, -0.2) is 20.4 Å². The van der Waals surface area contributed by atoms with Crippen molar-refractivity contribution in [3.63, 3.8) is 0 Å². The molecule has 0 saturated carbocycles. The van der Waals surface area contributed by atoms with Crippen molar-refractivity contribution >= 4 is 10.9 Å². The van der Waals surface area contributed by atoms with Crippen molar-refractivity contribution in [2.24, 2.45) is 0 Å². The third-order valence-corrected chi connectivity index (χ3v) is 2.70. The van der Waals surface area contributed by atoms with E-state index in [1.54, 1.807) is 0 Å². The van der Waals surface area contributed by atoms with E-state index < -0.39 is 0 Å². The Kier molecular flexibility index (Phi) is 2.37. The Hall–Kier alpha value is -2.56. The van der Waals surface area contributed by atoms with Crippen molar-refractivity contribution in [2.75, 3.05) is 0 Å². The van der Waals surface area contributed by atoms with Crippen LogP contribution in [0.15, 0.2) is 41.2 Å². The maximum Gasteiger partial charge on any atom is 0.292 e. The van der Waals surface area contributed by atoms with Crippen LogP contribution in [0.5, 0.6) is 0 Å². The molecule has 5 heteroatoms. The molecular formula is C13H10N4O. The summed E-state index contributed by atoms with van der Waals surface area (Å²) in [6, 6.07) is 11.5. The molecule has 1 aromatic carbocycles. The average Bonchev–Trinajstić information content (AvgIpc) is 2.40. The topological polar surface area (TPSA) is 71.5 Å². The van der Waals surface area contributed by atoms with Gasteiger partial charge in [0.1, 0.15) is 5.69 Å². The largest absolute Gasteiger partial charge is 0.292 e. The van der Waals surface area contributed by atoms with Crippen molar-refractivity contribution in [3.05, 3.63) is 52.4 Å². The van der Waals surface area contributed by atoms with Crippen LogP contribution in [-0.2, 0) is 0 Å².